The first-order chi connectivity index (χ1) is 6.71. The van der Waals surface area contributed by atoms with Gasteiger partial charge in [0.15, 0.2) is 0 Å². The van der Waals surface area contributed by atoms with Gasteiger partial charge in [-0.2, -0.15) is 0 Å². The van der Waals surface area contributed by atoms with Crippen LogP contribution in [-0.2, 0) is 0 Å². The molecule has 1 rings (SSSR count). The summed E-state index contributed by atoms with van der Waals surface area (Å²) in [5.41, 5.74) is 5.62. The molecule has 0 bridgehead atoms. The summed E-state index contributed by atoms with van der Waals surface area (Å²) in [6.45, 7) is 12.6. The van der Waals surface area contributed by atoms with E-state index in [-0.39, 0.29) is 11.9 Å². The summed E-state index contributed by atoms with van der Waals surface area (Å²) in [7, 11) is 0. The van der Waals surface area contributed by atoms with Crippen LogP contribution in [0.4, 0.5) is 0 Å². The predicted molar refractivity (Wildman–Crippen MR) is 59.7 cm³/mol. The molecule has 0 N–H and O–H groups in total. The molecule has 0 amide bonds. The van der Waals surface area contributed by atoms with Gasteiger partial charge in [0.2, 0.25) is 0 Å². The zero-order valence-corrected chi connectivity index (χ0v) is 9.50. The van der Waals surface area contributed by atoms with E-state index in [4.69, 9.17) is 2.74 Å². The van der Waals surface area contributed by atoms with Crippen molar-refractivity contribution in [2.45, 2.75) is 41.5 Å². The Morgan fingerprint density at radius 3 is 1.69 bits per heavy atom. The molecule has 0 saturated heterocycles. The Balaban J connectivity index is 3.55. The summed E-state index contributed by atoms with van der Waals surface area (Å²) in [6.07, 6.45) is 0. The number of allylic oxidation sites excluding steroid dienone is 5. The lowest BCUT2D eigenvalue weighted by molar-refractivity contribution is 0.521. The SMILES string of the molecule is [2H]C([2H])=C1C(C)=C(C)C(C)(C)C(C)=C1C. The van der Waals surface area contributed by atoms with Gasteiger partial charge < -0.3 is 0 Å². The molecule has 0 spiro atoms. The second-order valence-electron chi connectivity index (χ2n) is 4.50. The summed E-state index contributed by atoms with van der Waals surface area (Å²) >= 11 is 0. The maximum Gasteiger partial charge on any atom is 0.0544 e. The Morgan fingerprint density at radius 2 is 1.38 bits per heavy atom. The predicted octanol–water partition coefficient (Wildman–Crippen LogP) is 4.26. The van der Waals surface area contributed by atoms with E-state index in [0.717, 1.165) is 16.7 Å². The molecule has 0 aromatic rings. The lowest BCUT2D eigenvalue weighted by Gasteiger charge is -2.36. The van der Waals surface area contributed by atoms with Crippen molar-refractivity contribution in [3.63, 3.8) is 0 Å². The minimum Gasteiger partial charge on any atom is -0.0912 e. The standard InChI is InChI=1S/C13H20/c1-8-9(2)11(4)13(6,7)12(5)10(8)3/h1H2,2-7H3/i1D2. The van der Waals surface area contributed by atoms with E-state index in [2.05, 4.69) is 27.7 Å². The van der Waals surface area contributed by atoms with Crippen molar-refractivity contribution in [2.24, 2.45) is 5.41 Å². The highest BCUT2D eigenvalue weighted by atomic mass is 14.3. The third-order valence-corrected chi connectivity index (χ3v) is 3.75. The fourth-order valence-electron chi connectivity index (χ4n) is 1.88. The first-order valence-electron chi connectivity index (χ1n) is 5.75. The summed E-state index contributed by atoms with van der Waals surface area (Å²) in [6, 6.07) is 0. The highest BCUT2D eigenvalue weighted by molar-refractivity contribution is 5.54. The normalized spacial score (nSPS) is 24.6. The van der Waals surface area contributed by atoms with Crippen molar-refractivity contribution >= 4 is 0 Å². The fourth-order valence-corrected chi connectivity index (χ4v) is 1.88. The van der Waals surface area contributed by atoms with Crippen molar-refractivity contribution in [1.29, 1.82) is 0 Å². The van der Waals surface area contributed by atoms with Crippen LogP contribution in [0, 0.1) is 5.41 Å². The van der Waals surface area contributed by atoms with Gasteiger partial charge in [-0.3, -0.25) is 0 Å². The molecule has 0 atom stereocenters. The molecule has 0 heteroatoms. The van der Waals surface area contributed by atoms with Gasteiger partial charge in [0.1, 0.15) is 0 Å². The van der Waals surface area contributed by atoms with Crippen molar-refractivity contribution in [2.75, 3.05) is 0 Å². The average molecular weight is 178 g/mol. The van der Waals surface area contributed by atoms with Gasteiger partial charge in [-0.1, -0.05) is 31.5 Å². The molecule has 0 nitrogen and oxygen atoms in total. The monoisotopic (exact) mass is 178 g/mol. The first-order valence-corrected chi connectivity index (χ1v) is 4.75. The average Bonchev–Trinajstić information content (AvgIpc) is 2.12. The maximum atomic E-state index is 7.52. The molecule has 1 aliphatic rings. The Bertz CT molecular complexity index is 359. The van der Waals surface area contributed by atoms with Gasteiger partial charge >= 0.3 is 0 Å². The summed E-state index contributed by atoms with van der Waals surface area (Å²) in [4.78, 5) is 0. The zero-order valence-electron chi connectivity index (χ0n) is 11.5. The van der Waals surface area contributed by atoms with E-state index in [9.17, 15) is 0 Å². The third kappa shape index (κ3) is 1.29. The van der Waals surface area contributed by atoms with Crippen LogP contribution in [-0.4, -0.2) is 0 Å². The summed E-state index contributed by atoms with van der Waals surface area (Å²) < 4.78 is 15.0. The number of hydrogen-bond acceptors (Lipinski definition) is 0. The molecule has 0 aromatic heterocycles. The van der Waals surface area contributed by atoms with Crippen LogP contribution in [0.15, 0.2) is 34.4 Å². The van der Waals surface area contributed by atoms with Crippen molar-refractivity contribution in [1.82, 2.24) is 0 Å². The number of hydrogen-bond donors (Lipinski definition) is 0. The van der Waals surface area contributed by atoms with Gasteiger partial charge in [0.05, 0.1) is 2.74 Å². The Kier molecular flexibility index (Phi) is 1.68. The molecule has 0 heterocycles. The smallest absolute Gasteiger partial charge is 0.0544 e. The van der Waals surface area contributed by atoms with Gasteiger partial charge in [0.25, 0.3) is 0 Å². The topological polar surface area (TPSA) is 0 Å². The summed E-state index contributed by atoms with van der Waals surface area (Å²) in [5.74, 6) is 0. The lowest BCUT2D eigenvalue weighted by Crippen LogP contribution is -2.22. The first kappa shape index (κ1) is 7.61. The molecule has 0 unspecified atom stereocenters. The van der Waals surface area contributed by atoms with Crippen LogP contribution in [0.25, 0.3) is 0 Å². The second kappa shape index (κ2) is 2.87. The van der Waals surface area contributed by atoms with E-state index in [1.165, 1.54) is 11.1 Å². The van der Waals surface area contributed by atoms with Crippen LogP contribution < -0.4 is 0 Å². The van der Waals surface area contributed by atoms with Gasteiger partial charge in [0, 0.05) is 5.41 Å². The van der Waals surface area contributed by atoms with E-state index >= 15 is 0 Å². The van der Waals surface area contributed by atoms with Crippen LogP contribution in [0.3, 0.4) is 0 Å². The third-order valence-electron chi connectivity index (χ3n) is 3.75. The van der Waals surface area contributed by atoms with Crippen molar-refractivity contribution in [3.05, 3.63) is 34.4 Å². The Hall–Kier alpha value is -0.780. The molecule has 0 aromatic carbocycles. The second-order valence-corrected chi connectivity index (χ2v) is 4.50. The fraction of sp³-hybridized carbons (Fsp3) is 0.538. The molecule has 0 radical (unpaired) electrons. The quantitative estimate of drug-likeness (QED) is 0.520. The van der Waals surface area contributed by atoms with Gasteiger partial charge in [-0.25, -0.2) is 0 Å². The van der Waals surface area contributed by atoms with Gasteiger partial charge in [-0.05, 0) is 44.4 Å². The van der Waals surface area contributed by atoms with Crippen LogP contribution >= 0.6 is 0 Å². The minimum atomic E-state index is -0.0702. The molecule has 0 fully saturated rings. The molecule has 1 aliphatic carbocycles. The van der Waals surface area contributed by atoms with E-state index < -0.39 is 0 Å². The highest BCUT2D eigenvalue weighted by Gasteiger charge is 2.30. The van der Waals surface area contributed by atoms with E-state index in [1.54, 1.807) is 0 Å². The summed E-state index contributed by atoms with van der Waals surface area (Å²) in [5, 5.41) is 0. The molecule has 13 heavy (non-hydrogen) atoms. The van der Waals surface area contributed by atoms with Crippen molar-refractivity contribution < 1.29 is 2.74 Å². The highest BCUT2D eigenvalue weighted by Crippen LogP contribution is 2.45. The molecule has 72 valence electrons. The lowest BCUT2D eigenvalue weighted by atomic mass is 9.69. The van der Waals surface area contributed by atoms with E-state index in [1.807, 2.05) is 13.8 Å². The molecule has 0 saturated carbocycles. The van der Waals surface area contributed by atoms with Crippen LogP contribution in [0.1, 0.15) is 44.3 Å². The molecule has 0 aliphatic heterocycles. The van der Waals surface area contributed by atoms with E-state index in [0.29, 0.717) is 0 Å². The Morgan fingerprint density at radius 1 is 1.00 bits per heavy atom. The molecular weight excluding hydrogens is 156 g/mol. The minimum absolute atomic E-state index is 0.0626. The van der Waals surface area contributed by atoms with Crippen LogP contribution in [0.5, 0.6) is 0 Å². The largest absolute Gasteiger partial charge is 0.0912 e. The zero-order chi connectivity index (χ0) is 12.0. The Labute approximate surface area is 84.9 Å². The van der Waals surface area contributed by atoms with Gasteiger partial charge in [-0.15, -0.1) is 0 Å². The number of rotatable bonds is 0. The van der Waals surface area contributed by atoms with Crippen molar-refractivity contribution in [3.8, 4) is 0 Å². The molecular formula is C13H20. The van der Waals surface area contributed by atoms with Crippen LogP contribution in [0.2, 0.25) is 0 Å². The maximum absolute atomic E-state index is 7.52.